The Morgan fingerprint density at radius 3 is 2.50 bits per heavy atom. The lowest BCUT2D eigenvalue weighted by Crippen LogP contribution is -2.30. The molecule has 11 heteroatoms. The Morgan fingerprint density at radius 1 is 1.14 bits per heavy atom. The lowest BCUT2D eigenvalue weighted by Gasteiger charge is -2.34. The highest BCUT2D eigenvalue weighted by Crippen LogP contribution is 2.50. The lowest BCUT2D eigenvalue weighted by atomic mass is 9.74. The number of nitrogens with one attached hydrogen (secondary N) is 1. The molecule has 1 unspecified atom stereocenters. The molecule has 1 heterocycles. The van der Waals surface area contributed by atoms with E-state index in [9.17, 15) is 26.8 Å². The minimum absolute atomic E-state index is 0.0500. The molecule has 0 spiro atoms. The molecular weight excluding hydrogens is 533 g/mol. The van der Waals surface area contributed by atoms with Gasteiger partial charge in [0.1, 0.15) is 0 Å². The van der Waals surface area contributed by atoms with E-state index in [1.54, 1.807) is 0 Å². The van der Waals surface area contributed by atoms with Gasteiger partial charge in [-0.1, -0.05) is 42.3 Å². The van der Waals surface area contributed by atoms with Crippen LogP contribution in [0.2, 0.25) is 10.0 Å². The fraction of sp³-hybridized carbons (Fsp3) is 0.280. The number of halogens is 4. The van der Waals surface area contributed by atoms with Crippen molar-refractivity contribution < 1.29 is 26.8 Å². The van der Waals surface area contributed by atoms with Crippen LogP contribution in [0.1, 0.15) is 38.2 Å². The molecule has 1 saturated heterocycles. The van der Waals surface area contributed by atoms with Gasteiger partial charge in [0, 0.05) is 33.7 Å². The van der Waals surface area contributed by atoms with E-state index in [1.807, 2.05) is 11.6 Å². The van der Waals surface area contributed by atoms with Crippen LogP contribution >= 0.6 is 23.2 Å². The summed E-state index contributed by atoms with van der Waals surface area (Å²) < 4.78 is 54.2. The van der Waals surface area contributed by atoms with Gasteiger partial charge >= 0.3 is 0 Å². The molecule has 2 amide bonds. The van der Waals surface area contributed by atoms with Crippen LogP contribution in [0, 0.1) is 17.0 Å². The van der Waals surface area contributed by atoms with Crippen LogP contribution in [-0.2, 0) is 26.2 Å². The predicted octanol–water partition coefficient (Wildman–Crippen LogP) is 5.51. The van der Waals surface area contributed by atoms with Gasteiger partial charge in [-0.3, -0.25) is 9.59 Å². The van der Waals surface area contributed by atoms with Crippen molar-refractivity contribution in [2.24, 2.45) is 5.41 Å². The number of carbonyl (C=O) groups excluding carboxylic acids is 2. The van der Waals surface area contributed by atoms with Gasteiger partial charge in [-0.25, -0.2) is 21.9 Å². The first-order valence-corrected chi connectivity index (χ1v) is 13.3. The molecular formula is C25H22Cl2F2N2O4S. The third-order valence-corrected chi connectivity index (χ3v) is 8.07. The van der Waals surface area contributed by atoms with Crippen LogP contribution in [0.25, 0.3) is 0 Å². The Morgan fingerprint density at radius 2 is 1.83 bits per heavy atom. The van der Waals surface area contributed by atoms with Gasteiger partial charge in [-0.2, -0.15) is 0 Å². The van der Waals surface area contributed by atoms with Crippen molar-refractivity contribution in [2.75, 3.05) is 0 Å². The van der Waals surface area contributed by atoms with Crippen LogP contribution in [0.3, 0.4) is 0 Å². The largest absolute Gasteiger partial charge is 0.311 e. The topological polar surface area (TPSA) is 83.6 Å². The first kappa shape index (κ1) is 26.3. The summed E-state index contributed by atoms with van der Waals surface area (Å²) in [7, 11) is -4.22. The van der Waals surface area contributed by atoms with Gasteiger partial charge in [0.05, 0.1) is 11.4 Å². The molecule has 36 heavy (non-hydrogen) atoms. The van der Waals surface area contributed by atoms with Crippen molar-refractivity contribution in [2.45, 2.75) is 44.0 Å². The van der Waals surface area contributed by atoms with E-state index in [0.29, 0.717) is 23.3 Å². The molecule has 2 aromatic carbocycles. The number of amides is 2. The third-order valence-electron chi connectivity index (χ3n) is 6.30. The molecule has 1 aliphatic heterocycles. The molecule has 0 bridgehead atoms. The second-order valence-electron chi connectivity index (χ2n) is 9.10. The summed E-state index contributed by atoms with van der Waals surface area (Å²) >= 11 is 11.7. The molecule has 6 nitrogen and oxygen atoms in total. The van der Waals surface area contributed by atoms with Gasteiger partial charge in [0.15, 0.2) is 11.6 Å². The van der Waals surface area contributed by atoms with Crippen LogP contribution in [0.15, 0.2) is 64.7 Å². The summed E-state index contributed by atoms with van der Waals surface area (Å²) in [5.41, 5.74) is 1.36. The molecule has 2 aliphatic rings. The standard InChI is InChI=1S/C25H22Cl2F2N2O4S/c1-25-8-2-3-16(5-7-22(32)30-36(34,35)19-11-17(26)10-18(27)12-19)24(25)31(23(33)13-25)14-15-4-6-20(28)21(29)9-15/h4-7,9-12H,2-3,8,13-14H2,1H3,(H,30,32)/b7-5+. The second kappa shape index (κ2) is 9.95. The van der Waals surface area contributed by atoms with Crippen LogP contribution in [-0.4, -0.2) is 25.1 Å². The number of sulfonamides is 1. The first-order chi connectivity index (χ1) is 16.9. The van der Waals surface area contributed by atoms with Gasteiger partial charge < -0.3 is 4.90 Å². The van der Waals surface area contributed by atoms with Crippen molar-refractivity contribution in [1.82, 2.24) is 9.62 Å². The number of allylic oxidation sites excluding steroid dienone is 3. The molecule has 0 saturated carbocycles. The van der Waals surface area contributed by atoms with E-state index in [0.717, 1.165) is 31.1 Å². The predicted molar refractivity (Wildman–Crippen MR) is 131 cm³/mol. The lowest BCUT2D eigenvalue weighted by molar-refractivity contribution is -0.127. The van der Waals surface area contributed by atoms with Crippen LogP contribution in [0.5, 0.6) is 0 Å². The van der Waals surface area contributed by atoms with E-state index in [1.165, 1.54) is 35.2 Å². The summed E-state index contributed by atoms with van der Waals surface area (Å²) in [5, 5.41) is 0.206. The monoisotopic (exact) mass is 554 g/mol. The molecule has 0 aromatic heterocycles. The number of hydrogen-bond donors (Lipinski definition) is 1. The third kappa shape index (κ3) is 5.48. The van der Waals surface area contributed by atoms with Crippen molar-refractivity contribution in [1.29, 1.82) is 0 Å². The zero-order valence-electron chi connectivity index (χ0n) is 19.2. The van der Waals surface area contributed by atoms with E-state index in [-0.39, 0.29) is 33.8 Å². The average Bonchev–Trinajstić information content (AvgIpc) is 3.03. The Hall–Kier alpha value is -2.75. The highest BCUT2D eigenvalue weighted by molar-refractivity contribution is 7.90. The molecule has 1 N–H and O–H groups in total. The van der Waals surface area contributed by atoms with E-state index in [4.69, 9.17) is 23.2 Å². The summed E-state index contributed by atoms with van der Waals surface area (Å²) in [5.74, 6) is -3.02. The highest BCUT2D eigenvalue weighted by Gasteiger charge is 2.46. The molecule has 1 atom stereocenters. The van der Waals surface area contributed by atoms with Gasteiger partial charge in [0.2, 0.25) is 5.91 Å². The molecule has 1 fully saturated rings. The summed E-state index contributed by atoms with van der Waals surface area (Å²) in [4.78, 5) is 26.7. The van der Waals surface area contributed by atoms with Crippen LogP contribution < -0.4 is 4.72 Å². The molecule has 4 rings (SSSR count). The number of fused-ring (bicyclic) bond motifs is 1. The second-order valence-corrected chi connectivity index (χ2v) is 11.7. The van der Waals surface area contributed by atoms with Gasteiger partial charge in [-0.15, -0.1) is 0 Å². The van der Waals surface area contributed by atoms with E-state index >= 15 is 0 Å². The van der Waals surface area contributed by atoms with Gasteiger partial charge in [-0.05, 0) is 60.7 Å². The number of carbonyl (C=O) groups is 2. The van der Waals surface area contributed by atoms with E-state index in [2.05, 4.69) is 0 Å². The summed E-state index contributed by atoms with van der Waals surface area (Å²) in [6, 6.07) is 7.19. The average molecular weight is 555 g/mol. The molecule has 190 valence electrons. The van der Waals surface area contributed by atoms with E-state index < -0.39 is 33.0 Å². The number of nitrogens with zero attached hydrogens (tertiary/aromatic N) is 1. The molecule has 2 aromatic rings. The number of rotatable bonds is 6. The van der Waals surface area contributed by atoms with Gasteiger partial charge in [0.25, 0.3) is 15.9 Å². The summed E-state index contributed by atoms with van der Waals surface area (Å²) in [6.07, 6.45) is 4.92. The fourth-order valence-corrected chi connectivity index (χ4v) is 6.42. The Balaban J connectivity index is 1.60. The smallest absolute Gasteiger partial charge is 0.264 e. The number of likely N-dealkylation sites (tertiary alicyclic amines) is 1. The normalized spacial score (nSPS) is 20.2. The zero-order valence-corrected chi connectivity index (χ0v) is 21.5. The Labute approximate surface area is 217 Å². The first-order valence-electron chi connectivity index (χ1n) is 11.1. The maximum absolute atomic E-state index is 13.7. The van der Waals surface area contributed by atoms with Crippen molar-refractivity contribution in [3.63, 3.8) is 0 Å². The van der Waals surface area contributed by atoms with Crippen molar-refractivity contribution >= 4 is 45.0 Å². The van der Waals surface area contributed by atoms with Crippen molar-refractivity contribution in [3.05, 3.63) is 87.1 Å². The summed E-state index contributed by atoms with van der Waals surface area (Å²) in [6.45, 7) is 2.00. The van der Waals surface area contributed by atoms with Crippen molar-refractivity contribution in [3.8, 4) is 0 Å². The quantitative estimate of drug-likeness (QED) is 0.477. The minimum Gasteiger partial charge on any atom is -0.311 e. The minimum atomic E-state index is -4.22. The number of hydrogen-bond acceptors (Lipinski definition) is 4. The SMILES string of the molecule is CC12CCCC(/C=C/C(=O)NS(=O)(=O)c3cc(Cl)cc(Cl)c3)=C1N(Cc1ccc(F)c(F)c1)C(=O)C2. The zero-order chi connectivity index (χ0) is 26.3. The molecule has 0 radical (unpaired) electrons. The molecule has 1 aliphatic carbocycles. The van der Waals surface area contributed by atoms with Crippen LogP contribution in [0.4, 0.5) is 8.78 Å². The fourth-order valence-electron chi connectivity index (χ4n) is 4.75. The maximum atomic E-state index is 13.7. The Kier molecular flexibility index (Phi) is 7.28. The highest BCUT2D eigenvalue weighted by atomic mass is 35.5. The number of benzene rings is 2. The Bertz CT molecular complexity index is 1400. The maximum Gasteiger partial charge on any atom is 0.264 e.